The Kier molecular flexibility index (Phi) is 9.39. The van der Waals surface area contributed by atoms with Crippen LogP contribution in [-0.4, -0.2) is 33.6 Å². The van der Waals surface area contributed by atoms with E-state index >= 15 is 0 Å². The Balaban J connectivity index is 0.000000343. The first kappa shape index (κ1) is 26.5. The van der Waals surface area contributed by atoms with E-state index in [2.05, 4.69) is 5.10 Å². The number of aromatic nitrogens is 2. The van der Waals surface area contributed by atoms with Gasteiger partial charge in [-0.05, 0) is 62.8 Å². The van der Waals surface area contributed by atoms with Gasteiger partial charge in [0.2, 0.25) is 0 Å². The molecule has 1 saturated carbocycles. The molecule has 1 aromatic heterocycles. The van der Waals surface area contributed by atoms with Gasteiger partial charge in [0.25, 0.3) is 5.91 Å². The average Bonchev–Trinajstić information content (AvgIpc) is 3.05. The second-order valence-corrected chi connectivity index (χ2v) is 10.6. The third-order valence-corrected chi connectivity index (χ3v) is 7.42. The van der Waals surface area contributed by atoms with E-state index in [9.17, 15) is 9.59 Å². The molecular weight excluding hydrogens is 468 g/mol. The predicted octanol–water partition coefficient (Wildman–Crippen LogP) is 5.90. The Hall–Kier alpha value is -2.09. The van der Waals surface area contributed by atoms with E-state index in [0.717, 1.165) is 17.5 Å². The molecule has 1 aliphatic carbocycles. The van der Waals surface area contributed by atoms with Gasteiger partial charge in [-0.15, -0.1) is 11.8 Å². The molecule has 4 rings (SSSR count). The number of nitrogens with two attached hydrogens (primary N) is 1. The van der Waals surface area contributed by atoms with Crippen LogP contribution in [0.2, 0.25) is 5.02 Å². The summed E-state index contributed by atoms with van der Waals surface area (Å²) in [6, 6.07) is 7.67. The van der Waals surface area contributed by atoms with Crippen LogP contribution < -0.4 is 10.6 Å². The number of aldehydes is 1. The van der Waals surface area contributed by atoms with Gasteiger partial charge in [0.15, 0.2) is 0 Å². The molecule has 2 heterocycles. The highest BCUT2D eigenvalue weighted by Crippen LogP contribution is 2.35. The van der Waals surface area contributed by atoms with Crippen molar-refractivity contribution >= 4 is 41.2 Å². The number of aryl methyl sites for hydroxylation is 1. The Morgan fingerprint density at radius 3 is 2.59 bits per heavy atom. The van der Waals surface area contributed by atoms with Crippen molar-refractivity contribution in [2.75, 3.05) is 4.90 Å². The van der Waals surface area contributed by atoms with Crippen molar-refractivity contribution in [1.82, 2.24) is 9.78 Å². The second-order valence-electron chi connectivity index (χ2n) is 9.26. The molecule has 0 bridgehead atoms. The van der Waals surface area contributed by atoms with Gasteiger partial charge < -0.3 is 10.5 Å². The standard InChI is InChI=1S/C19H20ClN3O2S.C7H15N/c1-4-7-26-10-15-9-17-18(25)23(16-8-14(20)6-5-13(16)2)19(3,12-24)11-22(17)21-15;8-7-5-3-1-2-4-6-7/h4-9,12H,10-11H2,1-3H3;7H,1-6,8H2/b7-4-;. The van der Waals surface area contributed by atoms with Crippen LogP contribution in [0.5, 0.6) is 0 Å². The summed E-state index contributed by atoms with van der Waals surface area (Å²) in [4.78, 5) is 26.7. The van der Waals surface area contributed by atoms with E-state index in [4.69, 9.17) is 17.3 Å². The highest BCUT2D eigenvalue weighted by Gasteiger charge is 2.44. The molecule has 1 aliphatic heterocycles. The number of fused-ring (bicyclic) bond motifs is 1. The van der Waals surface area contributed by atoms with Gasteiger partial charge in [0.05, 0.1) is 12.2 Å². The SMILES string of the molecule is C/C=C\SCc1cc2n(n1)CC(C)(C=O)N(c1cc(Cl)ccc1C)C2=O.NC1CCCCCC1. The number of amides is 1. The van der Waals surface area contributed by atoms with Gasteiger partial charge in [0, 0.05) is 22.5 Å². The van der Waals surface area contributed by atoms with Crippen molar-refractivity contribution in [2.24, 2.45) is 5.73 Å². The maximum Gasteiger partial charge on any atom is 0.277 e. The van der Waals surface area contributed by atoms with Crippen LogP contribution in [0, 0.1) is 6.92 Å². The summed E-state index contributed by atoms with van der Waals surface area (Å²) in [5.74, 6) is 0.428. The number of halogens is 1. The van der Waals surface area contributed by atoms with Crippen molar-refractivity contribution in [3.63, 3.8) is 0 Å². The summed E-state index contributed by atoms with van der Waals surface area (Å²) in [5, 5.41) is 7.02. The van der Waals surface area contributed by atoms with Crippen molar-refractivity contribution in [3.8, 4) is 0 Å². The fourth-order valence-electron chi connectivity index (χ4n) is 4.39. The number of hydrogen-bond donors (Lipinski definition) is 1. The fourth-order valence-corrected chi connectivity index (χ4v) is 5.16. The number of allylic oxidation sites excluding steroid dienone is 1. The molecule has 34 heavy (non-hydrogen) atoms. The van der Waals surface area contributed by atoms with Gasteiger partial charge >= 0.3 is 0 Å². The Morgan fingerprint density at radius 2 is 1.94 bits per heavy atom. The van der Waals surface area contributed by atoms with Gasteiger partial charge in [0.1, 0.15) is 17.5 Å². The van der Waals surface area contributed by atoms with Crippen molar-refractivity contribution < 1.29 is 9.59 Å². The maximum absolute atomic E-state index is 13.2. The van der Waals surface area contributed by atoms with Crippen LogP contribution in [0.1, 0.15) is 74.1 Å². The third kappa shape index (κ3) is 6.32. The topological polar surface area (TPSA) is 81.2 Å². The summed E-state index contributed by atoms with van der Waals surface area (Å²) in [6.07, 6.45) is 10.8. The van der Waals surface area contributed by atoms with E-state index in [1.807, 2.05) is 31.4 Å². The summed E-state index contributed by atoms with van der Waals surface area (Å²) in [5.41, 5.74) is 7.54. The average molecular weight is 503 g/mol. The van der Waals surface area contributed by atoms with Crippen LogP contribution in [0.3, 0.4) is 0 Å². The number of thioether (sulfide) groups is 1. The molecule has 1 aromatic carbocycles. The third-order valence-electron chi connectivity index (χ3n) is 6.26. The maximum atomic E-state index is 13.2. The van der Waals surface area contributed by atoms with Crippen molar-refractivity contribution in [2.45, 2.75) is 83.2 Å². The van der Waals surface area contributed by atoms with Crippen LogP contribution >= 0.6 is 23.4 Å². The monoisotopic (exact) mass is 502 g/mol. The van der Waals surface area contributed by atoms with E-state index in [-0.39, 0.29) is 5.91 Å². The van der Waals surface area contributed by atoms with E-state index in [1.165, 1.54) is 38.5 Å². The Bertz CT molecular complexity index is 1030. The van der Waals surface area contributed by atoms with Crippen LogP contribution in [0.25, 0.3) is 0 Å². The van der Waals surface area contributed by atoms with Gasteiger partial charge in [-0.25, -0.2) is 0 Å². The summed E-state index contributed by atoms with van der Waals surface area (Å²) in [6.45, 7) is 5.90. The molecule has 1 atom stereocenters. The lowest BCUT2D eigenvalue weighted by Crippen LogP contribution is -2.58. The number of hydrogen-bond acceptors (Lipinski definition) is 5. The van der Waals surface area contributed by atoms with Crippen LogP contribution in [0.4, 0.5) is 5.69 Å². The molecule has 8 heteroatoms. The molecular formula is C26H35ClN4O2S. The molecule has 2 N–H and O–H groups in total. The molecule has 184 valence electrons. The Morgan fingerprint density at radius 1 is 1.24 bits per heavy atom. The first-order valence-electron chi connectivity index (χ1n) is 11.9. The zero-order chi connectivity index (χ0) is 24.7. The van der Waals surface area contributed by atoms with Gasteiger partial charge in [-0.3, -0.25) is 14.4 Å². The quantitative estimate of drug-likeness (QED) is 0.406. The first-order chi connectivity index (χ1) is 16.3. The van der Waals surface area contributed by atoms with Crippen LogP contribution in [-0.2, 0) is 17.1 Å². The molecule has 6 nitrogen and oxygen atoms in total. The molecule has 1 unspecified atom stereocenters. The lowest BCUT2D eigenvalue weighted by molar-refractivity contribution is -0.112. The first-order valence-corrected chi connectivity index (χ1v) is 13.3. The van der Waals surface area contributed by atoms with Crippen molar-refractivity contribution in [1.29, 1.82) is 0 Å². The predicted molar refractivity (Wildman–Crippen MR) is 141 cm³/mol. The highest BCUT2D eigenvalue weighted by atomic mass is 35.5. The van der Waals surface area contributed by atoms with Crippen molar-refractivity contribution in [3.05, 3.63) is 57.7 Å². The number of carbonyl (C=O) groups is 2. The zero-order valence-electron chi connectivity index (χ0n) is 20.3. The number of carbonyl (C=O) groups excluding carboxylic acids is 2. The number of anilines is 1. The zero-order valence-corrected chi connectivity index (χ0v) is 21.9. The minimum atomic E-state index is -1.03. The fraction of sp³-hybridized carbons (Fsp3) is 0.500. The molecule has 2 aliphatic rings. The van der Waals surface area contributed by atoms with Gasteiger partial charge in [-0.2, -0.15) is 5.10 Å². The summed E-state index contributed by atoms with van der Waals surface area (Å²) < 4.78 is 1.64. The molecule has 0 spiro atoms. The number of nitrogens with zero attached hydrogens (tertiary/aromatic N) is 3. The van der Waals surface area contributed by atoms with Gasteiger partial charge in [-0.1, -0.05) is 49.4 Å². The molecule has 1 amide bonds. The van der Waals surface area contributed by atoms with E-state index in [1.54, 1.807) is 46.5 Å². The highest BCUT2D eigenvalue weighted by molar-refractivity contribution is 8.01. The number of rotatable bonds is 5. The summed E-state index contributed by atoms with van der Waals surface area (Å²) in [7, 11) is 0. The molecule has 2 aromatic rings. The lowest BCUT2D eigenvalue weighted by atomic mass is 9.96. The minimum Gasteiger partial charge on any atom is -0.328 e. The molecule has 0 saturated heterocycles. The molecule has 1 fully saturated rings. The minimum absolute atomic E-state index is 0.244. The second kappa shape index (κ2) is 12.0. The normalized spacial score (nSPS) is 21.1. The summed E-state index contributed by atoms with van der Waals surface area (Å²) >= 11 is 7.75. The smallest absolute Gasteiger partial charge is 0.277 e. The van der Waals surface area contributed by atoms with E-state index < -0.39 is 5.54 Å². The Labute approximate surface area is 211 Å². The van der Waals surface area contributed by atoms with E-state index in [0.29, 0.717) is 34.7 Å². The largest absolute Gasteiger partial charge is 0.328 e. The lowest BCUT2D eigenvalue weighted by Gasteiger charge is -2.41. The molecule has 0 radical (unpaired) electrons. The van der Waals surface area contributed by atoms with Crippen LogP contribution in [0.15, 0.2) is 35.7 Å². The number of benzene rings is 1.